The van der Waals surface area contributed by atoms with Gasteiger partial charge in [0.1, 0.15) is 18.0 Å². The van der Waals surface area contributed by atoms with Crippen LogP contribution < -0.4 is 19.1 Å². The molecule has 2 N–H and O–H groups in total. The molecule has 3 aliphatic rings. The molecule has 1 saturated carbocycles. The number of rotatable bonds is 2. The first kappa shape index (κ1) is 34.3. The van der Waals surface area contributed by atoms with E-state index >= 15 is 0 Å². The highest BCUT2D eigenvalue weighted by Gasteiger charge is 2.47. The third-order valence-electron chi connectivity index (χ3n) is 10.5. The third-order valence-corrected chi connectivity index (χ3v) is 12.6. The van der Waals surface area contributed by atoms with E-state index < -0.39 is 26.8 Å². The molecular weight excluding hydrogens is 650 g/mol. The molecule has 1 aromatic heterocycles. The van der Waals surface area contributed by atoms with E-state index in [1.165, 1.54) is 0 Å². The van der Waals surface area contributed by atoms with Crippen molar-refractivity contribution in [2.24, 2.45) is 17.8 Å². The molecule has 5 atom stereocenters. The van der Waals surface area contributed by atoms with Crippen LogP contribution in [-0.2, 0) is 28.7 Å². The van der Waals surface area contributed by atoms with Crippen LogP contribution >= 0.6 is 11.6 Å². The Morgan fingerprint density at radius 3 is 2.65 bits per heavy atom. The normalized spacial score (nSPS) is 28.3. The number of hydrogen-bond donors (Lipinski definition) is 2. The summed E-state index contributed by atoms with van der Waals surface area (Å²) in [5, 5.41) is 12.3. The predicted molar refractivity (Wildman–Crippen MR) is 187 cm³/mol. The standard InChI is InChI=1S/C37H44ClN3O6S/c1-24-7-6-17-37(43,30-12-16-35(46-3)39-21-30)32-14-10-28(32)22-41-18-5-4-8-26-19-31(38)13-9-29(26)23-47-34-15-11-27(20-33(34)41)36(42)40-48(44,45)25(24)2/h6,9,11-13,15-17,19-21,24-25,28,32,43H,4-5,7-8,10,14,18,22-23H2,1-3H3,(H,40,42)/b17-6+/t24-,25+,28-,32+,37-/m0/s1. The van der Waals surface area contributed by atoms with Crippen molar-refractivity contribution in [3.63, 3.8) is 0 Å². The van der Waals surface area contributed by atoms with Crippen molar-refractivity contribution < 1.29 is 27.8 Å². The molecule has 1 amide bonds. The number of hydrogen-bond acceptors (Lipinski definition) is 8. The molecule has 6 rings (SSSR count). The molecule has 9 nitrogen and oxygen atoms in total. The topological polar surface area (TPSA) is 118 Å². The van der Waals surface area contributed by atoms with Gasteiger partial charge in [-0.3, -0.25) is 4.79 Å². The molecule has 2 aromatic carbocycles. The summed E-state index contributed by atoms with van der Waals surface area (Å²) in [6, 6.07) is 14.6. The fourth-order valence-corrected chi connectivity index (χ4v) is 8.62. The summed E-state index contributed by atoms with van der Waals surface area (Å²) in [6.07, 6.45) is 10.1. The minimum absolute atomic E-state index is 0.117. The van der Waals surface area contributed by atoms with Crippen LogP contribution in [0.1, 0.15) is 73.0 Å². The lowest BCUT2D eigenvalue weighted by Crippen LogP contribution is -2.48. The molecule has 3 heterocycles. The third kappa shape index (κ3) is 7.07. The number of nitrogens with one attached hydrogen (secondary N) is 1. The number of ether oxygens (including phenoxy) is 2. The number of pyridine rings is 1. The monoisotopic (exact) mass is 693 g/mol. The van der Waals surface area contributed by atoms with Crippen molar-refractivity contribution in [2.45, 2.75) is 69.8 Å². The second kappa shape index (κ2) is 14.1. The highest BCUT2D eigenvalue weighted by molar-refractivity contribution is 7.90. The van der Waals surface area contributed by atoms with E-state index in [1.807, 2.05) is 43.3 Å². The molecule has 0 radical (unpaired) electrons. The number of amides is 1. The van der Waals surface area contributed by atoms with Crippen LogP contribution in [0.2, 0.25) is 5.02 Å². The van der Waals surface area contributed by atoms with E-state index in [0.717, 1.165) is 48.9 Å². The molecule has 1 aliphatic carbocycles. The van der Waals surface area contributed by atoms with Gasteiger partial charge in [-0.1, -0.05) is 36.7 Å². The van der Waals surface area contributed by atoms with Crippen LogP contribution in [0.5, 0.6) is 11.6 Å². The van der Waals surface area contributed by atoms with Crippen LogP contribution in [0, 0.1) is 17.8 Å². The van der Waals surface area contributed by atoms with E-state index in [2.05, 4.69) is 14.6 Å². The zero-order chi connectivity index (χ0) is 34.1. The molecule has 48 heavy (non-hydrogen) atoms. The van der Waals surface area contributed by atoms with Gasteiger partial charge in [-0.2, -0.15) is 0 Å². The fourth-order valence-electron chi connectivity index (χ4n) is 7.14. The van der Waals surface area contributed by atoms with Gasteiger partial charge in [0, 0.05) is 47.4 Å². The molecule has 3 aromatic rings. The Morgan fingerprint density at radius 1 is 1.08 bits per heavy atom. The number of carbonyl (C=O) groups is 1. The van der Waals surface area contributed by atoms with Gasteiger partial charge in [0.05, 0.1) is 18.0 Å². The van der Waals surface area contributed by atoms with Gasteiger partial charge in [0.2, 0.25) is 15.9 Å². The van der Waals surface area contributed by atoms with Crippen molar-refractivity contribution in [3.8, 4) is 11.6 Å². The summed E-state index contributed by atoms with van der Waals surface area (Å²) in [4.78, 5) is 20.1. The number of nitrogens with zero attached hydrogens (tertiary/aromatic N) is 2. The lowest BCUT2D eigenvalue weighted by atomic mass is 9.62. The number of allylic oxidation sites excluding steroid dienone is 1. The van der Waals surface area contributed by atoms with Crippen LogP contribution in [0.4, 0.5) is 5.69 Å². The maximum Gasteiger partial charge on any atom is 0.264 e. The molecule has 2 aliphatic heterocycles. The van der Waals surface area contributed by atoms with Crippen LogP contribution in [0.3, 0.4) is 0 Å². The number of carbonyl (C=O) groups excluding carboxylic acids is 1. The van der Waals surface area contributed by atoms with E-state index in [1.54, 1.807) is 44.5 Å². The molecular formula is C37H44ClN3O6S. The molecule has 2 bridgehead atoms. The van der Waals surface area contributed by atoms with Crippen molar-refractivity contribution in [3.05, 3.63) is 94.2 Å². The van der Waals surface area contributed by atoms with Gasteiger partial charge < -0.3 is 19.5 Å². The highest BCUT2D eigenvalue weighted by Crippen LogP contribution is 2.49. The predicted octanol–water partition coefficient (Wildman–Crippen LogP) is 6.42. The van der Waals surface area contributed by atoms with E-state index in [9.17, 15) is 18.3 Å². The number of anilines is 1. The zero-order valence-electron chi connectivity index (χ0n) is 27.7. The van der Waals surface area contributed by atoms with E-state index in [4.69, 9.17) is 21.1 Å². The van der Waals surface area contributed by atoms with Crippen molar-refractivity contribution >= 4 is 33.2 Å². The Balaban J connectivity index is 1.43. The van der Waals surface area contributed by atoms with Gasteiger partial charge in [-0.15, -0.1) is 0 Å². The van der Waals surface area contributed by atoms with Gasteiger partial charge in [0.15, 0.2) is 0 Å². The summed E-state index contributed by atoms with van der Waals surface area (Å²) in [6.45, 7) is 5.07. The van der Waals surface area contributed by atoms with Gasteiger partial charge in [0.25, 0.3) is 5.91 Å². The summed E-state index contributed by atoms with van der Waals surface area (Å²) in [5.41, 5.74) is 2.50. The quantitative estimate of drug-likeness (QED) is 0.295. The molecule has 11 heteroatoms. The average molecular weight is 694 g/mol. The molecule has 0 unspecified atom stereocenters. The molecule has 256 valence electrons. The Kier molecular flexibility index (Phi) is 10.1. The maximum atomic E-state index is 13.5. The second-order valence-corrected chi connectivity index (χ2v) is 15.9. The highest BCUT2D eigenvalue weighted by atomic mass is 35.5. The Bertz CT molecular complexity index is 1780. The van der Waals surface area contributed by atoms with Gasteiger partial charge in [-0.25, -0.2) is 18.1 Å². The fraction of sp³-hybridized carbons (Fsp3) is 0.459. The number of fused-ring (bicyclic) bond motifs is 3. The minimum atomic E-state index is -4.01. The Morgan fingerprint density at radius 2 is 1.92 bits per heavy atom. The molecule has 0 saturated heterocycles. The lowest BCUT2D eigenvalue weighted by molar-refractivity contribution is -0.0501. The number of aromatic nitrogens is 1. The van der Waals surface area contributed by atoms with Crippen LogP contribution in [0.25, 0.3) is 0 Å². The van der Waals surface area contributed by atoms with Crippen molar-refractivity contribution in [1.29, 1.82) is 0 Å². The van der Waals surface area contributed by atoms with Gasteiger partial charge in [-0.05, 0) is 105 Å². The summed E-state index contributed by atoms with van der Waals surface area (Å²) >= 11 is 6.35. The number of aliphatic hydroxyl groups is 1. The average Bonchev–Trinajstić information content (AvgIpc) is 3.08. The van der Waals surface area contributed by atoms with E-state index in [0.29, 0.717) is 48.3 Å². The Labute approximate surface area is 288 Å². The minimum Gasteiger partial charge on any atom is -0.487 e. The first-order valence-corrected chi connectivity index (χ1v) is 18.7. The van der Waals surface area contributed by atoms with Crippen LogP contribution in [-0.4, -0.2) is 49.9 Å². The lowest BCUT2D eigenvalue weighted by Gasteiger charge is -2.48. The van der Waals surface area contributed by atoms with Gasteiger partial charge >= 0.3 is 0 Å². The molecule has 0 spiro atoms. The van der Waals surface area contributed by atoms with E-state index in [-0.39, 0.29) is 23.3 Å². The first-order chi connectivity index (χ1) is 23.0. The Hall–Kier alpha value is -3.60. The van der Waals surface area contributed by atoms with Crippen molar-refractivity contribution in [1.82, 2.24) is 9.71 Å². The molecule has 1 fully saturated rings. The smallest absolute Gasteiger partial charge is 0.264 e. The number of benzene rings is 2. The summed E-state index contributed by atoms with van der Waals surface area (Å²) in [7, 11) is -2.45. The second-order valence-electron chi connectivity index (χ2n) is 13.4. The van der Waals surface area contributed by atoms with Crippen LogP contribution in [0.15, 0.2) is 66.9 Å². The number of methoxy groups -OCH3 is 1. The largest absolute Gasteiger partial charge is 0.487 e. The van der Waals surface area contributed by atoms with Crippen molar-refractivity contribution in [2.75, 3.05) is 25.1 Å². The number of aryl methyl sites for hydroxylation is 1. The summed E-state index contributed by atoms with van der Waals surface area (Å²) in [5.74, 6) is 0.0673. The zero-order valence-corrected chi connectivity index (χ0v) is 29.3. The summed E-state index contributed by atoms with van der Waals surface area (Å²) < 4.78 is 40.9. The first-order valence-electron chi connectivity index (χ1n) is 16.7. The SMILES string of the molecule is COc1ccc([C@@]2(O)/C=C/C[C@H](C)[C@@H](C)S(=O)(=O)NC(=O)c3ccc4c(c3)N(CCCCc3cc(Cl)ccc3CO4)C[C@@H]3CC[C@H]32)cn1. The number of halogens is 1. The number of sulfonamides is 1. The maximum absolute atomic E-state index is 13.5.